The molecule has 0 saturated carbocycles. The minimum atomic E-state index is -0.378. The number of nitrogens with zero attached hydrogens (tertiary/aromatic N) is 1. The van der Waals surface area contributed by atoms with Gasteiger partial charge in [0.1, 0.15) is 0 Å². The first-order valence-corrected chi connectivity index (χ1v) is 8.45. The van der Waals surface area contributed by atoms with Crippen LogP contribution in [0.3, 0.4) is 0 Å². The maximum absolute atomic E-state index is 11.5. The molecule has 0 unspecified atom stereocenters. The lowest BCUT2D eigenvalue weighted by molar-refractivity contribution is -0.426. The van der Waals surface area contributed by atoms with Crippen LogP contribution in [-0.4, -0.2) is 17.5 Å². The van der Waals surface area contributed by atoms with Crippen molar-refractivity contribution in [2.45, 2.75) is 19.8 Å². The molecule has 0 spiro atoms. The molecule has 0 fully saturated rings. The summed E-state index contributed by atoms with van der Waals surface area (Å²) < 4.78 is 4.87. The van der Waals surface area contributed by atoms with Crippen LogP contribution in [0.25, 0.3) is 27.6 Å². The highest BCUT2D eigenvalue weighted by atomic mass is 16.6. The molecule has 0 N–H and O–H groups in total. The molecule has 0 bridgehead atoms. The maximum Gasteiger partial charge on any atom is 0.302 e. The van der Waals surface area contributed by atoms with Gasteiger partial charge in [-0.1, -0.05) is 48.5 Å². The van der Waals surface area contributed by atoms with E-state index < -0.39 is 0 Å². The molecule has 0 aromatic heterocycles. The Morgan fingerprint density at radius 2 is 1.65 bits per heavy atom. The lowest BCUT2D eigenvalue weighted by Crippen LogP contribution is -2.04. The van der Waals surface area contributed by atoms with Crippen LogP contribution in [0.4, 0.5) is 0 Å². The van der Waals surface area contributed by atoms with Gasteiger partial charge in [0.2, 0.25) is 5.70 Å². The molecule has 3 aromatic carbocycles. The van der Waals surface area contributed by atoms with Gasteiger partial charge in [0, 0.05) is 19.4 Å². The summed E-state index contributed by atoms with van der Waals surface area (Å²) in [5, 5.41) is 15.6. The van der Waals surface area contributed by atoms with E-state index in [4.69, 9.17) is 4.74 Å². The molecule has 0 aliphatic rings. The Bertz CT molecular complexity index is 953. The first-order valence-electron chi connectivity index (χ1n) is 8.45. The normalized spacial score (nSPS) is 11.7. The van der Waals surface area contributed by atoms with Crippen molar-refractivity contribution in [3.63, 3.8) is 0 Å². The maximum atomic E-state index is 11.5. The van der Waals surface area contributed by atoms with E-state index in [0.717, 1.165) is 27.1 Å². The molecule has 5 nitrogen and oxygen atoms in total. The Morgan fingerprint density at radius 1 is 1.08 bits per heavy atom. The molecule has 0 radical (unpaired) electrons. The predicted octanol–water partition coefficient (Wildman–Crippen LogP) is 4.95. The number of hydrogen-bond acceptors (Lipinski definition) is 4. The lowest BCUT2D eigenvalue weighted by atomic mass is 9.96. The largest absolute Gasteiger partial charge is 0.466 e. The summed E-state index contributed by atoms with van der Waals surface area (Å²) in [5.41, 5.74) is 0.955. The summed E-state index contributed by atoms with van der Waals surface area (Å²) in [7, 11) is 0. The van der Waals surface area contributed by atoms with E-state index in [1.165, 1.54) is 6.92 Å². The van der Waals surface area contributed by atoms with Crippen LogP contribution in [0.1, 0.15) is 25.3 Å². The third-order valence-corrected chi connectivity index (χ3v) is 4.24. The summed E-state index contributed by atoms with van der Waals surface area (Å²) in [6.07, 6.45) is 2.30. The fourth-order valence-corrected chi connectivity index (χ4v) is 3.06. The van der Waals surface area contributed by atoms with Crippen molar-refractivity contribution in [3.8, 4) is 0 Å². The molecule has 3 rings (SSSR count). The van der Waals surface area contributed by atoms with Crippen molar-refractivity contribution in [1.82, 2.24) is 0 Å². The summed E-state index contributed by atoms with van der Waals surface area (Å²) >= 11 is 0. The van der Waals surface area contributed by atoms with Gasteiger partial charge in [-0.25, -0.2) is 0 Å². The monoisotopic (exact) mass is 349 g/mol. The van der Waals surface area contributed by atoms with Gasteiger partial charge in [0.25, 0.3) is 0 Å². The number of benzene rings is 3. The van der Waals surface area contributed by atoms with Crippen LogP contribution in [0.2, 0.25) is 0 Å². The SMILES string of the molecule is CC(=O)OCCCC(=Cc1c2ccccc2cc2ccccc12)[N+](=O)[O-]. The molecule has 3 aromatic rings. The van der Waals surface area contributed by atoms with Crippen LogP contribution in [0.5, 0.6) is 0 Å². The van der Waals surface area contributed by atoms with Gasteiger partial charge in [0.05, 0.1) is 11.5 Å². The fraction of sp³-hybridized carbons (Fsp3) is 0.190. The molecule has 132 valence electrons. The van der Waals surface area contributed by atoms with E-state index in [-0.39, 0.29) is 29.6 Å². The van der Waals surface area contributed by atoms with Crippen molar-refractivity contribution in [1.29, 1.82) is 0 Å². The summed E-state index contributed by atoms with van der Waals surface area (Å²) in [6, 6.07) is 17.8. The minimum absolute atomic E-state index is 0.110. The van der Waals surface area contributed by atoms with E-state index in [1.807, 2.05) is 48.5 Å². The Morgan fingerprint density at radius 3 is 2.19 bits per heavy atom. The number of nitro groups is 1. The number of hydrogen-bond donors (Lipinski definition) is 0. The quantitative estimate of drug-likeness (QED) is 0.207. The van der Waals surface area contributed by atoms with Gasteiger partial charge in [0.15, 0.2) is 0 Å². The average Bonchev–Trinajstić information content (AvgIpc) is 2.63. The van der Waals surface area contributed by atoms with Crippen molar-refractivity contribution in [2.75, 3.05) is 6.61 Å². The Hall–Kier alpha value is -3.21. The smallest absolute Gasteiger partial charge is 0.302 e. The number of carbonyl (C=O) groups excluding carboxylic acids is 1. The predicted molar refractivity (Wildman–Crippen MR) is 102 cm³/mol. The highest BCUT2D eigenvalue weighted by molar-refractivity contribution is 6.06. The van der Waals surface area contributed by atoms with Gasteiger partial charge >= 0.3 is 5.97 Å². The van der Waals surface area contributed by atoms with E-state index in [1.54, 1.807) is 6.08 Å². The van der Waals surface area contributed by atoms with Gasteiger partial charge in [-0.05, 0) is 39.6 Å². The molecular weight excluding hydrogens is 330 g/mol. The fourth-order valence-electron chi connectivity index (χ4n) is 3.06. The molecule has 0 aliphatic heterocycles. The van der Waals surface area contributed by atoms with E-state index in [2.05, 4.69) is 6.07 Å². The summed E-state index contributed by atoms with van der Waals surface area (Å²) in [5.74, 6) is -0.378. The topological polar surface area (TPSA) is 69.4 Å². The third kappa shape index (κ3) is 3.88. The molecule has 0 heterocycles. The number of rotatable bonds is 6. The zero-order valence-electron chi connectivity index (χ0n) is 14.5. The highest BCUT2D eigenvalue weighted by Crippen LogP contribution is 2.30. The second-order valence-electron chi connectivity index (χ2n) is 6.07. The first-order chi connectivity index (χ1) is 12.6. The van der Waals surface area contributed by atoms with Crippen LogP contribution in [-0.2, 0) is 9.53 Å². The van der Waals surface area contributed by atoms with Crippen molar-refractivity contribution in [2.24, 2.45) is 0 Å². The van der Waals surface area contributed by atoms with Gasteiger partial charge < -0.3 is 4.74 Å². The zero-order valence-corrected chi connectivity index (χ0v) is 14.5. The highest BCUT2D eigenvalue weighted by Gasteiger charge is 2.14. The Balaban J connectivity index is 2.06. The molecule has 5 heteroatoms. The lowest BCUT2D eigenvalue weighted by Gasteiger charge is -2.09. The number of ether oxygens (including phenoxy) is 1. The molecule has 0 amide bonds. The van der Waals surface area contributed by atoms with E-state index >= 15 is 0 Å². The minimum Gasteiger partial charge on any atom is -0.466 e. The van der Waals surface area contributed by atoms with E-state index in [0.29, 0.717) is 6.42 Å². The van der Waals surface area contributed by atoms with Gasteiger partial charge in [-0.15, -0.1) is 0 Å². The first kappa shape index (κ1) is 17.6. The molecule has 26 heavy (non-hydrogen) atoms. The van der Waals surface area contributed by atoms with Crippen LogP contribution >= 0.6 is 0 Å². The Labute approximate surface area is 151 Å². The number of carbonyl (C=O) groups is 1. The second-order valence-corrected chi connectivity index (χ2v) is 6.07. The van der Waals surface area contributed by atoms with Crippen LogP contribution < -0.4 is 0 Å². The third-order valence-electron chi connectivity index (χ3n) is 4.24. The van der Waals surface area contributed by atoms with Gasteiger partial charge in [-0.2, -0.15) is 0 Å². The van der Waals surface area contributed by atoms with Crippen LogP contribution in [0, 0.1) is 10.1 Å². The molecule has 0 saturated heterocycles. The number of fused-ring (bicyclic) bond motifs is 2. The molecule has 0 atom stereocenters. The standard InChI is InChI=1S/C21H19NO4/c1-15(23)26-12-6-9-18(22(24)25)14-21-19-10-4-2-7-16(19)13-17-8-3-5-11-20(17)21/h2-5,7-8,10-11,13-14H,6,9,12H2,1H3. The van der Waals surface area contributed by atoms with Gasteiger partial charge in [-0.3, -0.25) is 14.9 Å². The van der Waals surface area contributed by atoms with Crippen molar-refractivity contribution in [3.05, 3.63) is 76.0 Å². The summed E-state index contributed by atoms with van der Waals surface area (Å²) in [4.78, 5) is 22.0. The average molecular weight is 349 g/mol. The van der Waals surface area contributed by atoms with E-state index in [9.17, 15) is 14.9 Å². The van der Waals surface area contributed by atoms with Crippen LogP contribution in [0.15, 0.2) is 60.3 Å². The Kier molecular flexibility index (Phi) is 5.27. The second kappa shape index (κ2) is 7.78. The zero-order chi connectivity index (χ0) is 18.5. The van der Waals surface area contributed by atoms with Crippen molar-refractivity contribution >= 4 is 33.6 Å². The molecule has 0 aliphatic carbocycles. The molecular formula is C21H19NO4. The number of allylic oxidation sites excluding steroid dienone is 1. The van der Waals surface area contributed by atoms with Crippen molar-refractivity contribution < 1.29 is 14.5 Å². The summed E-state index contributed by atoms with van der Waals surface area (Å²) in [6.45, 7) is 1.50. The number of esters is 1.